The predicted molar refractivity (Wildman–Crippen MR) is 51.2 cm³/mol. The van der Waals surface area contributed by atoms with E-state index in [9.17, 15) is 9.59 Å². The lowest BCUT2D eigenvalue weighted by Gasteiger charge is -2.52. The molecule has 3 fully saturated rings. The third-order valence-electron chi connectivity index (χ3n) is 3.59. The van der Waals surface area contributed by atoms with Crippen LogP contribution in [0.25, 0.3) is 0 Å². The highest BCUT2D eigenvalue weighted by atomic mass is 16.2. The van der Waals surface area contributed by atoms with E-state index in [-0.39, 0.29) is 17.7 Å². The van der Waals surface area contributed by atoms with Gasteiger partial charge in [0.2, 0.25) is 11.8 Å². The number of rotatable bonds is 1. The standard InChI is InChI=1S/C10H16N2O2/c1-6(2)10-5-4-9(3,11-7(10)13)12-8(10)14/h6H,4-5H2,1-3H3,(H,11,13)(H,12,14). The van der Waals surface area contributed by atoms with E-state index in [0.717, 1.165) is 6.42 Å². The zero-order valence-electron chi connectivity index (χ0n) is 8.81. The van der Waals surface area contributed by atoms with E-state index in [1.807, 2.05) is 20.8 Å². The minimum absolute atomic E-state index is 0.0485. The number of amides is 2. The van der Waals surface area contributed by atoms with Crippen LogP contribution in [0, 0.1) is 11.3 Å². The number of carbonyl (C=O) groups is 2. The number of nitrogens with one attached hydrogen (secondary N) is 2. The van der Waals surface area contributed by atoms with Crippen molar-refractivity contribution in [2.24, 2.45) is 11.3 Å². The number of piperidine rings is 2. The summed E-state index contributed by atoms with van der Waals surface area (Å²) < 4.78 is 0. The highest BCUT2D eigenvalue weighted by molar-refractivity contribution is 6.08. The molecule has 2 N–H and O–H groups in total. The Morgan fingerprint density at radius 2 is 1.64 bits per heavy atom. The van der Waals surface area contributed by atoms with E-state index < -0.39 is 11.1 Å². The van der Waals surface area contributed by atoms with E-state index in [2.05, 4.69) is 10.6 Å². The molecule has 3 saturated heterocycles. The van der Waals surface area contributed by atoms with Crippen LogP contribution in [0.3, 0.4) is 0 Å². The minimum atomic E-state index is -0.822. The molecule has 0 unspecified atom stereocenters. The van der Waals surface area contributed by atoms with Gasteiger partial charge in [0, 0.05) is 0 Å². The Morgan fingerprint density at radius 3 is 2.00 bits per heavy atom. The average molecular weight is 196 g/mol. The summed E-state index contributed by atoms with van der Waals surface area (Å²) in [6.07, 6.45) is 1.49. The van der Waals surface area contributed by atoms with Crippen molar-refractivity contribution in [3.05, 3.63) is 0 Å². The SMILES string of the molecule is CC(C)C12CCC(C)(NC1=O)NC2=O. The van der Waals surface area contributed by atoms with Gasteiger partial charge in [0.15, 0.2) is 0 Å². The van der Waals surface area contributed by atoms with Crippen molar-refractivity contribution >= 4 is 11.8 Å². The fraction of sp³-hybridized carbons (Fsp3) is 0.800. The summed E-state index contributed by atoms with van der Waals surface area (Å²) in [6, 6.07) is 0. The monoisotopic (exact) mass is 196 g/mol. The largest absolute Gasteiger partial charge is 0.333 e. The first kappa shape index (κ1) is 9.49. The highest BCUT2D eigenvalue weighted by Gasteiger charge is 2.59. The van der Waals surface area contributed by atoms with Gasteiger partial charge in [-0.15, -0.1) is 0 Å². The lowest BCUT2D eigenvalue weighted by atomic mass is 9.65. The molecule has 0 aliphatic carbocycles. The zero-order chi connectivity index (χ0) is 10.6. The van der Waals surface area contributed by atoms with Crippen LogP contribution in [0.15, 0.2) is 0 Å². The Bertz CT molecular complexity index is 291. The molecule has 0 aromatic heterocycles. The fourth-order valence-electron chi connectivity index (χ4n) is 2.47. The van der Waals surface area contributed by atoms with Crippen LogP contribution in [0.1, 0.15) is 33.6 Å². The van der Waals surface area contributed by atoms with Crippen molar-refractivity contribution in [3.63, 3.8) is 0 Å². The maximum Gasteiger partial charge on any atom is 0.237 e. The summed E-state index contributed by atoms with van der Waals surface area (Å²) in [5.41, 5.74) is -1.33. The normalized spacial score (nSPS) is 41.1. The van der Waals surface area contributed by atoms with Crippen molar-refractivity contribution in [1.82, 2.24) is 10.6 Å². The summed E-state index contributed by atoms with van der Waals surface area (Å²) in [6.45, 7) is 5.70. The fourth-order valence-corrected chi connectivity index (χ4v) is 2.47. The van der Waals surface area contributed by atoms with E-state index >= 15 is 0 Å². The van der Waals surface area contributed by atoms with Gasteiger partial charge in [-0.2, -0.15) is 0 Å². The molecule has 0 aromatic rings. The van der Waals surface area contributed by atoms with Crippen LogP contribution >= 0.6 is 0 Å². The van der Waals surface area contributed by atoms with Crippen LogP contribution in [0.5, 0.6) is 0 Å². The molecular weight excluding hydrogens is 180 g/mol. The summed E-state index contributed by atoms with van der Waals surface area (Å²) in [7, 11) is 0. The second kappa shape index (κ2) is 2.49. The van der Waals surface area contributed by atoms with Crippen molar-refractivity contribution in [3.8, 4) is 0 Å². The topological polar surface area (TPSA) is 58.2 Å². The first-order valence-corrected chi connectivity index (χ1v) is 5.06. The Morgan fingerprint density at radius 1 is 1.14 bits per heavy atom. The summed E-state index contributed by atoms with van der Waals surface area (Å²) in [4.78, 5) is 23.7. The smallest absolute Gasteiger partial charge is 0.237 e. The zero-order valence-corrected chi connectivity index (χ0v) is 8.81. The summed E-state index contributed by atoms with van der Waals surface area (Å²) in [5.74, 6) is -0.164. The molecule has 3 heterocycles. The van der Waals surface area contributed by atoms with Gasteiger partial charge in [0.1, 0.15) is 11.1 Å². The summed E-state index contributed by atoms with van der Waals surface area (Å²) in [5, 5.41) is 5.75. The van der Waals surface area contributed by atoms with Crippen LogP contribution in [-0.4, -0.2) is 17.5 Å². The molecule has 3 aliphatic heterocycles. The maximum atomic E-state index is 11.9. The first-order valence-electron chi connectivity index (χ1n) is 5.06. The Labute approximate surface area is 83.4 Å². The maximum absolute atomic E-state index is 11.9. The predicted octanol–water partition coefficient (Wildman–Crippen LogP) is 0.385. The molecule has 0 aromatic carbocycles. The molecule has 2 bridgehead atoms. The van der Waals surface area contributed by atoms with Crippen LogP contribution in [0.2, 0.25) is 0 Å². The van der Waals surface area contributed by atoms with Gasteiger partial charge in [-0.3, -0.25) is 9.59 Å². The average Bonchev–Trinajstić information content (AvgIpc) is 2.01. The highest BCUT2D eigenvalue weighted by Crippen LogP contribution is 2.43. The van der Waals surface area contributed by atoms with Crippen LogP contribution in [0.4, 0.5) is 0 Å². The molecule has 0 radical (unpaired) electrons. The Kier molecular flexibility index (Phi) is 1.69. The molecule has 2 amide bonds. The Balaban J connectivity index is 2.43. The van der Waals surface area contributed by atoms with Crippen molar-refractivity contribution in [2.45, 2.75) is 39.3 Å². The van der Waals surface area contributed by atoms with Gasteiger partial charge >= 0.3 is 0 Å². The Hall–Kier alpha value is -1.06. The number of hydrogen-bond acceptors (Lipinski definition) is 2. The molecular formula is C10H16N2O2. The van der Waals surface area contributed by atoms with Gasteiger partial charge in [0.05, 0.1) is 0 Å². The molecule has 4 heteroatoms. The number of carbonyl (C=O) groups excluding carboxylic acids is 2. The van der Waals surface area contributed by atoms with Crippen LogP contribution < -0.4 is 10.6 Å². The summed E-state index contributed by atoms with van der Waals surface area (Å²) >= 11 is 0. The molecule has 0 atom stereocenters. The molecule has 3 rings (SSSR count). The molecule has 0 spiro atoms. The number of fused-ring (bicyclic) bond motifs is 3. The van der Waals surface area contributed by atoms with Crippen molar-refractivity contribution < 1.29 is 9.59 Å². The quantitative estimate of drug-likeness (QED) is 0.596. The second-order valence-corrected chi connectivity index (χ2v) is 4.87. The van der Waals surface area contributed by atoms with E-state index in [0.29, 0.717) is 6.42 Å². The first-order chi connectivity index (χ1) is 6.41. The van der Waals surface area contributed by atoms with Gasteiger partial charge in [-0.05, 0) is 25.7 Å². The lowest BCUT2D eigenvalue weighted by molar-refractivity contribution is -0.163. The van der Waals surface area contributed by atoms with Crippen molar-refractivity contribution in [2.75, 3.05) is 0 Å². The minimum Gasteiger partial charge on any atom is -0.333 e. The third kappa shape index (κ3) is 0.938. The van der Waals surface area contributed by atoms with Gasteiger partial charge in [-0.25, -0.2) is 0 Å². The molecule has 3 aliphatic rings. The van der Waals surface area contributed by atoms with Gasteiger partial charge in [-0.1, -0.05) is 13.8 Å². The third-order valence-corrected chi connectivity index (χ3v) is 3.59. The van der Waals surface area contributed by atoms with E-state index in [1.54, 1.807) is 0 Å². The van der Waals surface area contributed by atoms with E-state index in [1.165, 1.54) is 0 Å². The molecule has 4 nitrogen and oxygen atoms in total. The number of hydrogen-bond donors (Lipinski definition) is 2. The molecule has 78 valence electrons. The van der Waals surface area contributed by atoms with Crippen LogP contribution in [-0.2, 0) is 9.59 Å². The van der Waals surface area contributed by atoms with Gasteiger partial charge in [0.25, 0.3) is 0 Å². The molecule has 0 saturated carbocycles. The lowest BCUT2D eigenvalue weighted by Crippen LogP contribution is -2.76. The van der Waals surface area contributed by atoms with Crippen molar-refractivity contribution in [1.29, 1.82) is 0 Å². The molecule has 14 heavy (non-hydrogen) atoms. The second-order valence-electron chi connectivity index (χ2n) is 4.87. The van der Waals surface area contributed by atoms with E-state index in [4.69, 9.17) is 0 Å². The van der Waals surface area contributed by atoms with Gasteiger partial charge < -0.3 is 10.6 Å².